The average molecular weight is 354 g/mol. The van der Waals surface area contributed by atoms with Crippen molar-refractivity contribution < 1.29 is 14.7 Å². The molecular weight excluding hydrogens is 334 g/mol. The number of likely N-dealkylation sites (tertiary alicyclic amines) is 1. The second kappa shape index (κ2) is 6.60. The van der Waals surface area contributed by atoms with Crippen molar-refractivity contribution in [3.63, 3.8) is 0 Å². The van der Waals surface area contributed by atoms with Gasteiger partial charge < -0.3 is 10.0 Å². The fourth-order valence-electron chi connectivity index (χ4n) is 2.57. The van der Waals surface area contributed by atoms with Crippen LogP contribution in [0.4, 0.5) is 0 Å². The number of carbonyl (C=O) groups is 2. The van der Waals surface area contributed by atoms with E-state index in [1.807, 2.05) is 24.3 Å². The maximum absolute atomic E-state index is 12.2. The first-order valence-corrected chi connectivity index (χ1v) is 7.96. The highest BCUT2D eigenvalue weighted by Gasteiger charge is 2.37. The molecule has 0 aliphatic carbocycles. The zero-order chi connectivity index (χ0) is 15.5. The van der Waals surface area contributed by atoms with Gasteiger partial charge in [0, 0.05) is 24.0 Å². The van der Waals surface area contributed by atoms with E-state index in [9.17, 15) is 14.7 Å². The van der Waals surface area contributed by atoms with Gasteiger partial charge in [0.2, 0.25) is 5.91 Å². The van der Waals surface area contributed by atoms with Gasteiger partial charge in [0.15, 0.2) is 0 Å². The second-order valence-corrected chi connectivity index (χ2v) is 6.79. The van der Waals surface area contributed by atoms with Crippen LogP contribution < -0.4 is 0 Å². The highest BCUT2D eigenvalue weighted by molar-refractivity contribution is 9.10. The Morgan fingerprint density at radius 1 is 1.33 bits per heavy atom. The van der Waals surface area contributed by atoms with E-state index in [1.165, 1.54) is 0 Å². The number of aliphatic carboxylic acids is 1. The van der Waals surface area contributed by atoms with E-state index in [2.05, 4.69) is 15.9 Å². The molecule has 1 fully saturated rings. The Labute approximate surface area is 133 Å². The molecule has 1 aliphatic rings. The molecule has 1 aromatic carbocycles. The van der Waals surface area contributed by atoms with Crippen LogP contribution in [0.3, 0.4) is 0 Å². The van der Waals surface area contributed by atoms with Gasteiger partial charge in [-0.25, -0.2) is 0 Å². The fraction of sp³-hybridized carbons (Fsp3) is 0.500. The van der Waals surface area contributed by atoms with Crippen molar-refractivity contribution in [2.75, 3.05) is 13.1 Å². The molecule has 1 saturated heterocycles. The van der Waals surface area contributed by atoms with Crippen molar-refractivity contribution in [2.24, 2.45) is 5.41 Å². The smallest absolute Gasteiger partial charge is 0.309 e. The number of piperidine rings is 1. The van der Waals surface area contributed by atoms with E-state index in [0.717, 1.165) is 10.0 Å². The van der Waals surface area contributed by atoms with Crippen molar-refractivity contribution in [2.45, 2.75) is 32.6 Å². The molecule has 0 unspecified atom stereocenters. The second-order valence-electron chi connectivity index (χ2n) is 5.88. The van der Waals surface area contributed by atoms with E-state index in [0.29, 0.717) is 38.8 Å². The lowest BCUT2D eigenvalue weighted by Gasteiger charge is -2.36. The number of hydrogen-bond donors (Lipinski definition) is 1. The van der Waals surface area contributed by atoms with Crippen molar-refractivity contribution in [1.29, 1.82) is 0 Å². The lowest BCUT2D eigenvalue weighted by atomic mass is 9.80. The zero-order valence-corrected chi connectivity index (χ0v) is 13.7. The summed E-state index contributed by atoms with van der Waals surface area (Å²) in [4.78, 5) is 25.2. The Morgan fingerprint density at radius 2 is 2.00 bits per heavy atom. The summed E-state index contributed by atoms with van der Waals surface area (Å²) in [7, 11) is 0. The third kappa shape index (κ3) is 4.06. The SMILES string of the molecule is CC1(C(=O)O)CCN(C(=O)CCc2cccc(Br)c2)CC1. The predicted octanol–water partition coefficient (Wildman–Crippen LogP) is 3.10. The van der Waals surface area contributed by atoms with Crippen LogP contribution in [-0.2, 0) is 16.0 Å². The minimum Gasteiger partial charge on any atom is -0.481 e. The number of carboxylic acids is 1. The maximum Gasteiger partial charge on any atom is 0.309 e. The Hall–Kier alpha value is -1.36. The van der Waals surface area contributed by atoms with Crippen LogP contribution in [0.1, 0.15) is 31.7 Å². The molecule has 0 bridgehead atoms. The first-order valence-electron chi connectivity index (χ1n) is 7.16. The zero-order valence-electron chi connectivity index (χ0n) is 12.1. The van der Waals surface area contributed by atoms with Gasteiger partial charge in [0.1, 0.15) is 0 Å². The first kappa shape index (κ1) is 16.0. The molecule has 2 rings (SSSR count). The van der Waals surface area contributed by atoms with Crippen LogP contribution in [0, 0.1) is 5.41 Å². The van der Waals surface area contributed by atoms with Gasteiger partial charge in [0.05, 0.1) is 5.41 Å². The molecule has 114 valence electrons. The van der Waals surface area contributed by atoms with Crippen LogP contribution in [0.25, 0.3) is 0 Å². The molecule has 21 heavy (non-hydrogen) atoms. The largest absolute Gasteiger partial charge is 0.481 e. The number of aryl methyl sites for hydroxylation is 1. The molecule has 1 aromatic rings. The Morgan fingerprint density at radius 3 is 2.57 bits per heavy atom. The van der Waals surface area contributed by atoms with Crippen molar-refractivity contribution in [3.05, 3.63) is 34.3 Å². The van der Waals surface area contributed by atoms with E-state index >= 15 is 0 Å². The van der Waals surface area contributed by atoms with Gasteiger partial charge >= 0.3 is 5.97 Å². The third-order valence-corrected chi connectivity index (χ3v) is 4.75. The maximum atomic E-state index is 12.2. The minimum absolute atomic E-state index is 0.113. The monoisotopic (exact) mass is 353 g/mol. The summed E-state index contributed by atoms with van der Waals surface area (Å²) in [6.07, 6.45) is 2.25. The van der Waals surface area contributed by atoms with Crippen LogP contribution in [0.15, 0.2) is 28.7 Å². The highest BCUT2D eigenvalue weighted by Crippen LogP contribution is 2.31. The molecule has 0 spiro atoms. The lowest BCUT2D eigenvalue weighted by molar-refractivity contribution is -0.153. The average Bonchev–Trinajstić information content (AvgIpc) is 2.45. The molecule has 1 N–H and O–H groups in total. The molecule has 1 aliphatic heterocycles. The van der Waals surface area contributed by atoms with E-state index in [-0.39, 0.29) is 5.91 Å². The molecular formula is C16H20BrNO3. The van der Waals surface area contributed by atoms with Gasteiger partial charge in [-0.15, -0.1) is 0 Å². The first-order chi connectivity index (χ1) is 9.90. The summed E-state index contributed by atoms with van der Waals surface area (Å²) < 4.78 is 1.02. The molecule has 1 amide bonds. The number of carbonyl (C=O) groups excluding carboxylic acids is 1. The van der Waals surface area contributed by atoms with Crippen molar-refractivity contribution in [3.8, 4) is 0 Å². The van der Waals surface area contributed by atoms with Crippen molar-refractivity contribution >= 4 is 27.8 Å². The van der Waals surface area contributed by atoms with Crippen LogP contribution in [0.5, 0.6) is 0 Å². The number of amides is 1. The fourth-order valence-corrected chi connectivity index (χ4v) is 3.01. The number of carboxylic acid groups (broad SMARTS) is 1. The van der Waals surface area contributed by atoms with Gasteiger partial charge in [0.25, 0.3) is 0 Å². The lowest BCUT2D eigenvalue weighted by Crippen LogP contribution is -2.45. The molecule has 0 atom stereocenters. The predicted molar refractivity (Wildman–Crippen MR) is 84.0 cm³/mol. The standard InChI is InChI=1S/C16H20BrNO3/c1-16(15(20)21)7-9-18(10-8-16)14(19)6-5-12-3-2-4-13(17)11-12/h2-4,11H,5-10H2,1H3,(H,20,21). The van der Waals surface area contributed by atoms with Crippen LogP contribution in [-0.4, -0.2) is 35.0 Å². The highest BCUT2D eigenvalue weighted by atomic mass is 79.9. The Kier molecular flexibility index (Phi) is 5.04. The van der Waals surface area contributed by atoms with E-state index in [4.69, 9.17) is 0 Å². The number of hydrogen-bond acceptors (Lipinski definition) is 2. The molecule has 5 heteroatoms. The summed E-state index contributed by atoms with van der Waals surface area (Å²) in [6, 6.07) is 7.95. The van der Waals surface area contributed by atoms with E-state index in [1.54, 1.807) is 11.8 Å². The number of rotatable bonds is 4. The van der Waals surface area contributed by atoms with Gasteiger partial charge in [-0.1, -0.05) is 28.1 Å². The normalized spacial score (nSPS) is 17.5. The quantitative estimate of drug-likeness (QED) is 0.904. The topological polar surface area (TPSA) is 57.6 Å². The van der Waals surface area contributed by atoms with E-state index < -0.39 is 11.4 Å². The number of benzene rings is 1. The third-order valence-electron chi connectivity index (χ3n) is 4.25. The van der Waals surface area contributed by atoms with Crippen molar-refractivity contribution in [1.82, 2.24) is 4.90 Å². The van der Waals surface area contributed by atoms with Crippen LogP contribution in [0.2, 0.25) is 0 Å². The minimum atomic E-state index is -0.760. The van der Waals surface area contributed by atoms with Crippen LogP contribution >= 0.6 is 15.9 Å². The molecule has 4 nitrogen and oxygen atoms in total. The molecule has 0 radical (unpaired) electrons. The summed E-state index contributed by atoms with van der Waals surface area (Å²) in [5.41, 5.74) is 0.450. The number of nitrogens with zero attached hydrogens (tertiary/aromatic N) is 1. The van der Waals surface area contributed by atoms with Gasteiger partial charge in [-0.2, -0.15) is 0 Å². The molecule has 0 aromatic heterocycles. The molecule has 0 saturated carbocycles. The summed E-state index contributed by atoms with van der Waals surface area (Å²) in [5, 5.41) is 9.19. The number of halogens is 1. The molecule has 1 heterocycles. The summed E-state index contributed by atoms with van der Waals surface area (Å²) in [6.45, 7) is 2.85. The summed E-state index contributed by atoms with van der Waals surface area (Å²) in [5.74, 6) is -0.647. The van der Waals surface area contributed by atoms with Gasteiger partial charge in [-0.05, 0) is 43.9 Å². The Balaban J connectivity index is 1.84. The Bertz CT molecular complexity index is 536. The van der Waals surface area contributed by atoms with Gasteiger partial charge in [-0.3, -0.25) is 9.59 Å². The summed E-state index contributed by atoms with van der Waals surface area (Å²) >= 11 is 3.42.